The maximum Gasteiger partial charge on any atom is 0.244 e. The summed E-state index contributed by atoms with van der Waals surface area (Å²) in [6, 6.07) is 16.6. The van der Waals surface area contributed by atoms with E-state index in [1.54, 1.807) is 6.92 Å². The van der Waals surface area contributed by atoms with Crippen LogP contribution in [-0.4, -0.2) is 61.6 Å². The fourth-order valence-corrected chi connectivity index (χ4v) is 3.85. The van der Waals surface area contributed by atoms with E-state index >= 15 is 0 Å². The van der Waals surface area contributed by atoms with Gasteiger partial charge >= 0.3 is 0 Å². The van der Waals surface area contributed by atoms with Gasteiger partial charge in [0.15, 0.2) is 0 Å². The van der Waals surface area contributed by atoms with Gasteiger partial charge in [-0.15, -0.1) is 0 Å². The molecular weight excluding hydrogens is 388 g/mol. The van der Waals surface area contributed by atoms with Gasteiger partial charge in [0, 0.05) is 55.3 Å². The molecule has 2 aromatic carbocycles. The zero-order valence-electron chi connectivity index (χ0n) is 18.7. The molecular formula is C25H32N4O2. The van der Waals surface area contributed by atoms with E-state index < -0.39 is 0 Å². The van der Waals surface area contributed by atoms with Gasteiger partial charge in [-0.2, -0.15) is 0 Å². The molecule has 0 bridgehead atoms. The van der Waals surface area contributed by atoms with E-state index in [0.29, 0.717) is 31.8 Å². The number of carbonyl (C=O) groups excluding carboxylic acids is 1. The summed E-state index contributed by atoms with van der Waals surface area (Å²) in [5.74, 6) is 0.929. The molecule has 31 heavy (non-hydrogen) atoms. The number of hydrogen-bond donors (Lipinski definition) is 1. The average Bonchev–Trinajstić information content (AvgIpc) is 2.77. The number of hydrogen-bond acceptors (Lipinski definition) is 5. The van der Waals surface area contributed by atoms with Crippen LogP contribution >= 0.6 is 0 Å². The zero-order chi connectivity index (χ0) is 22.2. The third-order valence-corrected chi connectivity index (χ3v) is 5.34. The normalized spacial score (nSPS) is 14.5. The lowest BCUT2D eigenvalue weighted by molar-refractivity contribution is -0.129. The Morgan fingerprint density at radius 2 is 1.81 bits per heavy atom. The topological polar surface area (TPSA) is 69.0 Å². The third-order valence-electron chi connectivity index (χ3n) is 5.34. The zero-order valence-corrected chi connectivity index (χ0v) is 18.7. The summed E-state index contributed by atoms with van der Waals surface area (Å²) in [4.78, 5) is 21.1. The Labute approximate surface area is 185 Å². The summed E-state index contributed by atoms with van der Waals surface area (Å²) in [6.45, 7) is 9.38. The highest BCUT2D eigenvalue weighted by molar-refractivity contribution is 6.01. The first-order chi connectivity index (χ1) is 15.0. The molecule has 1 saturated heterocycles. The van der Waals surface area contributed by atoms with Crippen molar-refractivity contribution in [3.05, 3.63) is 48.5 Å². The molecule has 3 rings (SSSR count). The quantitative estimate of drug-likeness (QED) is 0.648. The number of amides is 1. The highest BCUT2D eigenvalue weighted by Crippen LogP contribution is 2.33. The molecule has 0 atom stereocenters. The van der Waals surface area contributed by atoms with Crippen LogP contribution in [0.4, 0.5) is 5.69 Å². The monoisotopic (exact) mass is 420 g/mol. The van der Waals surface area contributed by atoms with E-state index in [4.69, 9.17) is 10.1 Å². The Hall–Kier alpha value is -3.15. The molecule has 0 aliphatic carbocycles. The molecule has 1 amide bonds. The van der Waals surface area contributed by atoms with Crippen LogP contribution in [0, 0.1) is 5.41 Å². The minimum absolute atomic E-state index is 0.0549. The summed E-state index contributed by atoms with van der Waals surface area (Å²) >= 11 is 0. The predicted molar refractivity (Wildman–Crippen MR) is 128 cm³/mol. The van der Waals surface area contributed by atoms with E-state index in [2.05, 4.69) is 46.3 Å². The molecule has 6 nitrogen and oxygen atoms in total. The molecule has 0 radical (unpaired) electrons. The first-order valence-electron chi connectivity index (χ1n) is 10.9. The molecule has 1 aliphatic rings. The number of nitrogens with one attached hydrogen (secondary N) is 1. The molecule has 1 N–H and O–H groups in total. The Morgan fingerprint density at radius 3 is 2.52 bits per heavy atom. The second-order valence-electron chi connectivity index (χ2n) is 7.85. The molecule has 1 aliphatic heterocycles. The molecule has 164 valence electrons. The molecule has 6 heteroatoms. The van der Waals surface area contributed by atoms with Gasteiger partial charge < -0.3 is 19.9 Å². The van der Waals surface area contributed by atoms with Gasteiger partial charge in [-0.3, -0.25) is 9.79 Å². The first kappa shape index (κ1) is 22.5. The number of piperazine rings is 1. The largest absolute Gasteiger partial charge is 0.494 e. The van der Waals surface area contributed by atoms with Gasteiger partial charge in [-0.05, 0) is 44.5 Å². The molecule has 2 aromatic rings. The van der Waals surface area contributed by atoms with Crippen LogP contribution < -0.4 is 9.64 Å². The summed E-state index contributed by atoms with van der Waals surface area (Å²) < 4.78 is 5.67. The number of rotatable bonds is 8. The van der Waals surface area contributed by atoms with Crippen LogP contribution in [0.3, 0.4) is 0 Å². The summed E-state index contributed by atoms with van der Waals surface area (Å²) in [5, 5.41) is 7.53. The fourth-order valence-electron chi connectivity index (χ4n) is 3.85. The lowest BCUT2D eigenvalue weighted by Crippen LogP contribution is -2.49. The molecule has 1 fully saturated rings. The fraction of sp³-hybridized carbons (Fsp3) is 0.400. The maximum absolute atomic E-state index is 12.6. The van der Waals surface area contributed by atoms with Crippen molar-refractivity contribution in [3.8, 4) is 16.9 Å². The third kappa shape index (κ3) is 6.17. The number of aliphatic imine (C=N–C) groups is 1. The first-order valence-corrected chi connectivity index (χ1v) is 10.9. The Morgan fingerprint density at radius 1 is 1.06 bits per heavy atom. The summed E-state index contributed by atoms with van der Waals surface area (Å²) in [7, 11) is 0. The van der Waals surface area contributed by atoms with Crippen LogP contribution in [0.5, 0.6) is 5.75 Å². The van der Waals surface area contributed by atoms with Crippen molar-refractivity contribution < 1.29 is 9.53 Å². The molecule has 0 aromatic heterocycles. The van der Waals surface area contributed by atoms with Crippen molar-refractivity contribution in [2.75, 3.05) is 44.2 Å². The van der Waals surface area contributed by atoms with Crippen molar-refractivity contribution in [1.29, 1.82) is 5.41 Å². The second kappa shape index (κ2) is 10.8. The second-order valence-corrected chi connectivity index (χ2v) is 7.85. The van der Waals surface area contributed by atoms with Gasteiger partial charge in [0.05, 0.1) is 6.61 Å². The SMILES string of the molecule is CCOc1cccc(-c2ccccc2N2CCN(C(=O)CN=C(C)CC(C)=N)CC2)c1. The summed E-state index contributed by atoms with van der Waals surface area (Å²) in [6.07, 6.45) is 0.530. The van der Waals surface area contributed by atoms with E-state index in [-0.39, 0.29) is 12.5 Å². The van der Waals surface area contributed by atoms with Gasteiger partial charge in [0.25, 0.3) is 0 Å². The molecule has 1 heterocycles. The van der Waals surface area contributed by atoms with Gasteiger partial charge in [0.2, 0.25) is 5.91 Å². The van der Waals surface area contributed by atoms with Crippen LogP contribution in [-0.2, 0) is 4.79 Å². The van der Waals surface area contributed by atoms with Crippen molar-refractivity contribution in [2.24, 2.45) is 4.99 Å². The van der Waals surface area contributed by atoms with Crippen LogP contribution in [0.15, 0.2) is 53.5 Å². The van der Waals surface area contributed by atoms with Gasteiger partial charge in [0.1, 0.15) is 12.3 Å². The summed E-state index contributed by atoms with van der Waals surface area (Å²) in [5.41, 5.74) is 4.88. The number of anilines is 1. The van der Waals surface area contributed by atoms with Crippen LogP contribution in [0.1, 0.15) is 27.2 Å². The molecule has 0 unspecified atom stereocenters. The number of para-hydroxylation sites is 1. The lowest BCUT2D eigenvalue weighted by Gasteiger charge is -2.37. The van der Waals surface area contributed by atoms with Crippen LogP contribution in [0.25, 0.3) is 11.1 Å². The smallest absolute Gasteiger partial charge is 0.244 e. The maximum atomic E-state index is 12.6. The van der Waals surface area contributed by atoms with E-state index in [1.165, 1.54) is 11.3 Å². The lowest BCUT2D eigenvalue weighted by atomic mass is 10.0. The van der Waals surface area contributed by atoms with Crippen molar-refractivity contribution in [1.82, 2.24) is 4.90 Å². The van der Waals surface area contributed by atoms with E-state index in [9.17, 15) is 4.79 Å². The van der Waals surface area contributed by atoms with Crippen LogP contribution in [0.2, 0.25) is 0 Å². The Bertz CT molecular complexity index is 946. The van der Waals surface area contributed by atoms with Crippen molar-refractivity contribution in [2.45, 2.75) is 27.2 Å². The number of carbonyl (C=O) groups is 1. The minimum Gasteiger partial charge on any atom is -0.494 e. The standard InChI is InChI=1S/C25H32N4O2/c1-4-31-22-9-7-8-21(17-22)23-10-5-6-11-24(23)28-12-14-29(15-13-28)25(30)18-27-20(3)16-19(2)26/h5-11,17,26H,4,12-16,18H2,1-3H3. The molecule has 0 saturated carbocycles. The highest BCUT2D eigenvalue weighted by atomic mass is 16.5. The minimum atomic E-state index is 0.0549. The number of ether oxygens (including phenoxy) is 1. The number of nitrogens with zero attached hydrogens (tertiary/aromatic N) is 3. The Balaban J connectivity index is 1.66. The van der Waals surface area contributed by atoms with Crippen molar-refractivity contribution >= 4 is 23.0 Å². The van der Waals surface area contributed by atoms with E-state index in [1.807, 2.05) is 30.9 Å². The predicted octanol–water partition coefficient (Wildman–Crippen LogP) is 4.29. The van der Waals surface area contributed by atoms with Crippen molar-refractivity contribution in [3.63, 3.8) is 0 Å². The Kier molecular flexibility index (Phi) is 7.82. The van der Waals surface area contributed by atoms with E-state index in [0.717, 1.165) is 30.1 Å². The highest BCUT2D eigenvalue weighted by Gasteiger charge is 2.22. The molecule has 0 spiro atoms. The van der Waals surface area contributed by atoms with Gasteiger partial charge in [-0.1, -0.05) is 30.3 Å². The average molecular weight is 421 g/mol. The van der Waals surface area contributed by atoms with Gasteiger partial charge in [-0.25, -0.2) is 0 Å². The number of benzene rings is 2.